The molecule has 0 saturated carbocycles. The van der Waals surface area contributed by atoms with Crippen molar-refractivity contribution in [1.82, 2.24) is 19.4 Å². The number of nitrogens with zero attached hydrogens (tertiary/aromatic N) is 3. The van der Waals surface area contributed by atoms with Crippen LogP contribution in [0.4, 0.5) is 0 Å². The Morgan fingerprint density at radius 1 is 0.875 bits per heavy atom. The number of hydrogen-bond acceptors (Lipinski definition) is 3. The number of hydrogen-bond donors (Lipinski definition) is 1. The van der Waals surface area contributed by atoms with E-state index in [1.54, 1.807) is 9.13 Å². The molecule has 1 aromatic heterocycles. The second kappa shape index (κ2) is 10.6. The Hall–Kier alpha value is -2.86. The van der Waals surface area contributed by atoms with Gasteiger partial charge in [0.15, 0.2) is 0 Å². The number of carbonyl (C=O) groups is 1. The quantitative estimate of drug-likeness (QED) is 0.556. The highest BCUT2D eigenvalue weighted by Gasteiger charge is 2.13. The van der Waals surface area contributed by atoms with Crippen LogP contribution >= 0.6 is 0 Å². The minimum absolute atomic E-state index is 0.0369. The Bertz CT molecular complexity index is 1090. The van der Waals surface area contributed by atoms with Crippen LogP contribution in [-0.2, 0) is 31.0 Å². The number of fused-ring (bicyclic) bond motifs is 1. The molecule has 1 aliphatic heterocycles. The fraction of sp³-hybridized carbons (Fsp3) is 0.462. The molecule has 0 radical (unpaired) electrons. The summed E-state index contributed by atoms with van der Waals surface area (Å²) in [6.45, 7) is 7.04. The van der Waals surface area contributed by atoms with Crippen LogP contribution in [-0.4, -0.2) is 33.0 Å². The molecule has 0 spiro atoms. The predicted octanol–water partition coefficient (Wildman–Crippen LogP) is 3.91. The van der Waals surface area contributed by atoms with Crippen molar-refractivity contribution in [2.45, 2.75) is 65.2 Å². The van der Waals surface area contributed by atoms with Gasteiger partial charge in [-0.15, -0.1) is 0 Å². The van der Waals surface area contributed by atoms with Crippen molar-refractivity contribution in [2.24, 2.45) is 0 Å². The molecule has 1 amide bonds. The van der Waals surface area contributed by atoms with Crippen molar-refractivity contribution in [3.63, 3.8) is 0 Å². The maximum Gasteiger partial charge on any atom is 0.329 e. The van der Waals surface area contributed by atoms with Crippen LogP contribution in [0, 0.1) is 0 Å². The highest BCUT2D eigenvalue weighted by Crippen LogP contribution is 2.15. The molecule has 0 atom stereocenters. The van der Waals surface area contributed by atoms with Gasteiger partial charge in [-0.3, -0.25) is 18.8 Å². The molecule has 0 bridgehead atoms. The van der Waals surface area contributed by atoms with E-state index in [0.29, 0.717) is 19.6 Å². The van der Waals surface area contributed by atoms with Gasteiger partial charge >= 0.3 is 5.69 Å². The van der Waals surface area contributed by atoms with Crippen LogP contribution < -0.4 is 11.0 Å². The van der Waals surface area contributed by atoms with Crippen LogP contribution in [0.2, 0.25) is 0 Å². The molecule has 1 fully saturated rings. The van der Waals surface area contributed by atoms with E-state index in [9.17, 15) is 9.59 Å². The number of para-hydroxylation sites is 2. The third-order valence-electron chi connectivity index (χ3n) is 6.30. The van der Waals surface area contributed by atoms with Crippen molar-refractivity contribution in [1.29, 1.82) is 0 Å². The lowest BCUT2D eigenvalue weighted by Crippen LogP contribution is -2.29. The molecular formula is C26H34N4O2. The normalized spacial score (nSPS) is 14.7. The molecular weight excluding hydrogens is 400 g/mol. The zero-order valence-electron chi connectivity index (χ0n) is 19.1. The number of nitrogens with one attached hydrogen (secondary N) is 1. The summed E-state index contributed by atoms with van der Waals surface area (Å²) in [7, 11) is 0. The lowest BCUT2D eigenvalue weighted by molar-refractivity contribution is -0.121. The van der Waals surface area contributed by atoms with Crippen LogP contribution in [0.25, 0.3) is 11.0 Å². The third-order valence-corrected chi connectivity index (χ3v) is 6.30. The van der Waals surface area contributed by atoms with Gasteiger partial charge in [-0.05, 0) is 55.6 Å². The van der Waals surface area contributed by atoms with E-state index < -0.39 is 0 Å². The lowest BCUT2D eigenvalue weighted by Gasteiger charge is -2.26. The van der Waals surface area contributed by atoms with Gasteiger partial charge in [-0.2, -0.15) is 0 Å². The first-order valence-electron chi connectivity index (χ1n) is 11.9. The average Bonchev–Trinajstić information content (AvgIpc) is 3.09. The summed E-state index contributed by atoms with van der Waals surface area (Å²) < 4.78 is 3.53. The van der Waals surface area contributed by atoms with Crippen molar-refractivity contribution in [2.75, 3.05) is 13.1 Å². The molecule has 2 heterocycles. The molecule has 0 unspecified atom stereocenters. The van der Waals surface area contributed by atoms with E-state index in [-0.39, 0.29) is 18.0 Å². The number of likely N-dealkylation sites (tertiary alicyclic amines) is 1. The van der Waals surface area contributed by atoms with Crippen molar-refractivity contribution >= 4 is 16.9 Å². The second-order valence-corrected chi connectivity index (χ2v) is 8.75. The Morgan fingerprint density at radius 2 is 1.50 bits per heavy atom. The first kappa shape index (κ1) is 22.3. The lowest BCUT2D eigenvalue weighted by atomic mass is 10.1. The minimum Gasteiger partial charge on any atom is -0.352 e. The topological polar surface area (TPSA) is 59.3 Å². The molecule has 0 aliphatic carbocycles. The van der Waals surface area contributed by atoms with Crippen molar-refractivity contribution in [3.05, 3.63) is 70.1 Å². The summed E-state index contributed by atoms with van der Waals surface area (Å²) in [5.74, 6) is -0.0402. The number of rotatable bonds is 9. The number of imidazole rings is 1. The van der Waals surface area contributed by atoms with Crippen molar-refractivity contribution < 1.29 is 4.79 Å². The number of aryl methyl sites for hydroxylation is 2. The first-order valence-corrected chi connectivity index (χ1v) is 11.9. The number of aromatic nitrogens is 2. The van der Waals surface area contributed by atoms with Gasteiger partial charge in [0, 0.05) is 32.6 Å². The van der Waals surface area contributed by atoms with E-state index in [0.717, 1.165) is 29.6 Å². The summed E-state index contributed by atoms with van der Waals surface area (Å²) in [6, 6.07) is 16.3. The number of carbonyl (C=O) groups excluding carboxylic acids is 1. The van der Waals surface area contributed by atoms with Gasteiger partial charge in [0.25, 0.3) is 0 Å². The standard InChI is InChI=1S/C26H34N4O2/c1-2-15-29-23-8-4-5-9-24(23)30(26(29)32)18-14-25(31)27-19-21-10-12-22(13-11-21)20-28-16-6-3-7-17-28/h4-5,8-13H,2-3,6-7,14-20H2,1H3,(H,27,31). The molecule has 1 aliphatic rings. The number of benzene rings is 2. The maximum absolute atomic E-state index is 12.8. The fourth-order valence-electron chi connectivity index (χ4n) is 4.57. The number of amides is 1. The van der Waals surface area contributed by atoms with Gasteiger partial charge in [0.05, 0.1) is 11.0 Å². The molecule has 1 saturated heterocycles. The van der Waals surface area contributed by atoms with Crippen LogP contribution in [0.5, 0.6) is 0 Å². The predicted molar refractivity (Wildman–Crippen MR) is 129 cm³/mol. The van der Waals surface area contributed by atoms with Crippen LogP contribution in [0.15, 0.2) is 53.3 Å². The highest BCUT2D eigenvalue weighted by atomic mass is 16.2. The largest absolute Gasteiger partial charge is 0.352 e. The Balaban J connectivity index is 1.30. The molecule has 6 nitrogen and oxygen atoms in total. The Kier molecular flexibility index (Phi) is 7.43. The summed E-state index contributed by atoms with van der Waals surface area (Å²) in [6.07, 6.45) is 5.13. The minimum atomic E-state index is -0.0402. The van der Waals surface area contributed by atoms with Crippen LogP contribution in [0.1, 0.15) is 50.2 Å². The summed E-state index contributed by atoms with van der Waals surface area (Å²) in [4.78, 5) is 27.8. The zero-order valence-corrected chi connectivity index (χ0v) is 19.1. The molecule has 4 rings (SSSR count). The molecule has 32 heavy (non-hydrogen) atoms. The molecule has 3 aromatic rings. The molecule has 1 N–H and O–H groups in total. The van der Waals surface area contributed by atoms with Gasteiger partial charge in [-0.25, -0.2) is 4.79 Å². The highest BCUT2D eigenvalue weighted by molar-refractivity contribution is 5.78. The van der Waals surface area contributed by atoms with Gasteiger partial charge < -0.3 is 5.32 Å². The second-order valence-electron chi connectivity index (χ2n) is 8.75. The van der Waals surface area contributed by atoms with Crippen molar-refractivity contribution in [3.8, 4) is 0 Å². The number of piperidine rings is 1. The first-order chi connectivity index (χ1) is 15.7. The maximum atomic E-state index is 12.8. The molecule has 6 heteroatoms. The Labute approximate surface area is 189 Å². The van der Waals surface area contributed by atoms with Gasteiger partial charge in [0.1, 0.15) is 0 Å². The van der Waals surface area contributed by atoms with E-state index in [4.69, 9.17) is 0 Å². The van der Waals surface area contributed by atoms with E-state index >= 15 is 0 Å². The van der Waals surface area contributed by atoms with E-state index in [1.807, 2.05) is 24.3 Å². The van der Waals surface area contributed by atoms with Crippen LogP contribution in [0.3, 0.4) is 0 Å². The Morgan fingerprint density at radius 3 is 2.16 bits per heavy atom. The SMILES string of the molecule is CCCn1c(=O)n(CCC(=O)NCc2ccc(CN3CCCCC3)cc2)c2ccccc21. The smallest absolute Gasteiger partial charge is 0.329 e. The van der Waals surface area contributed by atoms with Gasteiger partial charge in [-0.1, -0.05) is 49.7 Å². The fourth-order valence-corrected chi connectivity index (χ4v) is 4.57. The summed E-state index contributed by atoms with van der Waals surface area (Å²) in [5, 5.41) is 3.00. The third kappa shape index (κ3) is 5.30. The van der Waals surface area contributed by atoms with Gasteiger partial charge in [0.2, 0.25) is 5.91 Å². The average molecular weight is 435 g/mol. The monoisotopic (exact) mass is 434 g/mol. The van der Waals surface area contributed by atoms with E-state index in [1.165, 1.54) is 37.9 Å². The molecule has 170 valence electrons. The summed E-state index contributed by atoms with van der Waals surface area (Å²) in [5.41, 5.74) is 4.21. The zero-order chi connectivity index (χ0) is 22.3. The molecule has 2 aromatic carbocycles. The van der Waals surface area contributed by atoms with E-state index in [2.05, 4.69) is 41.4 Å². The summed E-state index contributed by atoms with van der Waals surface area (Å²) >= 11 is 0.